The van der Waals surface area contributed by atoms with Crippen LogP contribution in [0.5, 0.6) is 0 Å². The number of amides is 1. The van der Waals surface area contributed by atoms with Crippen molar-refractivity contribution in [2.24, 2.45) is 0 Å². The molecule has 0 aliphatic carbocycles. The Morgan fingerprint density at radius 3 is 2.68 bits per heavy atom. The minimum absolute atomic E-state index is 0.192. The van der Waals surface area contributed by atoms with Crippen LogP contribution in [0.15, 0.2) is 42.5 Å². The van der Waals surface area contributed by atoms with Crippen molar-refractivity contribution in [2.75, 3.05) is 13.7 Å². The van der Waals surface area contributed by atoms with Gasteiger partial charge in [0, 0.05) is 18.7 Å². The van der Waals surface area contributed by atoms with E-state index in [4.69, 9.17) is 27.9 Å². The second-order valence-corrected chi connectivity index (χ2v) is 5.46. The van der Waals surface area contributed by atoms with Gasteiger partial charge < -0.3 is 10.1 Å². The molecule has 1 atom stereocenters. The minimum atomic E-state index is -0.453. The van der Waals surface area contributed by atoms with Gasteiger partial charge in [-0.05, 0) is 35.9 Å². The van der Waals surface area contributed by atoms with E-state index < -0.39 is 6.10 Å². The second-order valence-electron chi connectivity index (χ2n) is 4.61. The van der Waals surface area contributed by atoms with Gasteiger partial charge in [0.2, 0.25) is 0 Å². The summed E-state index contributed by atoms with van der Waals surface area (Å²) in [7, 11) is 1.50. The van der Waals surface area contributed by atoms with Crippen molar-refractivity contribution in [1.82, 2.24) is 5.32 Å². The highest BCUT2D eigenvalue weighted by Gasteiger charge is 2.15. The van der Waals surface area contributed by atoms with Crippen molar-refractivity contribution < 1.29 is 13.9 Å². The smallest absolute Gasteiger partial charge is 0.252 e. The molecule has 0 aliphatic rings. The Morgan fingerprint density at radius 1 is 1.27 bits per heavy atom. The maximum Gasteiger partial charge on any atom is 0.252 e. The van der Waals surface area contributed by atoms with Crippen LogP contribution in [0, 0.1) is 5.82 Å². The van der Waals surface area contributed by atoms with Crippen LogP contribution in [-0.4, -0.2) is 19.6 Å². The zero-order valence-electron chi connectivity index (χ0n) is 11.8. The van der Waals surface area contributed by atoms with E-state index in [0.29, 0.717) is 16.1 Å². The lowest BCUT2D eigenvalue weighted by Crippen LogP contribution is -2.29. The fourth-order valence-corrected chi connectivity index (χ4v) is 2.49. The Balaban J connectivity index is 2.05. The van der Waals surface area contributed by atoms with Crippen LogP contribution >= 0.6 is 23.2 Å². The Kier molecular flexibility index (Phi) is 5.77. The van der Waals surface area contributed by atoms with E-state index in [-0.39, 0.29) is 23.3 Å². The van der Waals surface area contributed by atoms with Gasteiger partial charge in [0.1, 0.15) is 5.82 Å². The fourth-order valence-electron chi connectivity index (χ4n) is 2.00. The van der Waals surface area contributed by atoms with Crippen LogP contribution in [-0.2, 0) is 4.74 Å². The summed E-state index contributed by atoms with van der Waals surface area (Å²) in [6.07, 6.45) is -0.453. The Hall–Kier alpha value is -1.62. The summed E-state index contributed by atoms with van der Waals surface area (Å²) in [6.45, 7) is 0.192. The number of nitrogens with one attached hydrogen (secondary N) is 1. The lowest BCUT2D eigenvalue weighted by Gasteiger charge is -2.17. The van der Waals surface area contributed by atoms with Gasteiger partial charge in [-0.2, -0.15) is 0 Å². The molecule has 116 valence electrons. The van der Waals surface area contributed by atoms with Crippen molar-refractivity contribution in [3.8, 4) is 0 Å². The molecule has 0 saturated carbocycles. The second kappa shape index (κ2) is 7.58. The highest BCUT2D eigenvalue weighted by Crippen LogP contribution is 2.21. The fraction of sp³-hybridized carbons (Fsp3) is 0.188. The van der Waals surface area contributed by atoms with Gasteiger partial charge in [0.25, 0.3) is 5.91 Å². The summed E-state index contributed by atoms with van der Waals surface area (Å²) in [6, 6.07) is 10.7. The largest absolute Gasteiger partial charge is 0.375 e. The minimum Gasteiger partial charge on any atom is -0.375 e. The lowest BCUT2D eigenvalue weighted by molar-refractivity contribution is 0.0827. The third-order valence-electron chi connectivity index (χ3n) is 3.13. The molecule has 0 bridgehead atoms. The average Bonchev–Trinajstić information content (AvgIpc) is 2.47. The van der Waals surface area contributed by atoms with Crippen molar-refractivity contribution in [2.45, 2.75) is 6.10 Å². The molecule has 22 heavy (non-hydrogen) atoms. The number of hydrogen-bond donors (Lipinski definition) is 1. The maximum absolute atomic E-state index is 13.2. The normalized spacial score (nSPS) is 12.0. The van der Waals surface area contributed by atoms with Crippen LogP contribution < -0.4 is 5.32 Å². The van der Waals surface area contributed by atoms with Crippen LogP contribution in [0.4, 0.5) is 4.39 Å². The molecule has 1 unspecified atom stereocenters. The summed E-state index contributed by atoms with van der Waals surface area (Å²) in [4.78, 5) is 12.1. The summed E-state index contributed by atoms with van der Waals surface area (Å²) >= 11 is 11.8. The zero-order valence-corrected chi connectivity index (χ0v) is 13.3. The van der Waals surface area contributed by atoms with E-state index in [0.717, 1.165) is 0 Å². The molecule has 0 heterocycles. The van der Waals surface area contributed by atoms with Crippen LogP contribution in [0.1, 0.15) is 22.0 Å². The summed E-state index contributed by atoms with van der Waals surface area (Å²) < 4.78 is 18.5. The zero-order chi connectivity index (χ0) is 16.1. The molecule has 0 aromatic heterocycles. The molecule has 1 amide bonds. The first-order chi connectivity index (χ1) is 10.5. The molecule has 0 saturated heterocycles. The molecule has 0 fully saturated rings. The molecule has 3 nitrogen and oxygen atoms in total. The van der Waals surface area contributed by atoms with Crippen LogP contribution in [0.2, 0.25) is 10.0 Å². The SMILES string of the molecule is COC(CNC(=O)c1ccc(Cl)cc1Cl)c1cccc(F)c1. The van der Waals surface area contributed by atoms with Gasteiger partial charge in [0.05, 0.1) is 16.7 Å². The standard InChI is InChI=1S/C16H14Cl2FNO2/c1-22-15(10-3-2-4-12(19)7-10)9-20-16(21)13-6-5-11(17)8-14(13)18/h2-8,15H,9H2,1H3,(H,20,21). The number of halogens is 3. The number of rotatable bonds is 5. The van der Waals surface area contributed by atoms with Crippen LogP contribution in [0.25, 0.3) is 0 Å². The molecular formula is C16H14Cl2FNO2. The van der Waals surface area contributed by atoms with E-state index >= 15 is 0 Å². The van der Waals surface area contributed by atoms with E-state index in [1.807, 2.05) is 0 Å². The highest BCUT2D eigenvalue weighted by atomic mass is 35.5. The molecular weight excluding hydrogens is 328 g/mol. The van der Waals surface area contributed by atoms with Gasteiger partial charge in [-0.25, -0.2) is 4.39 Å². The van der Waals surface area contributed by atoms with Crippen LogP contribution in [0.3, 0.4) is 0 Å². The molecule has 2 aromatic rings. The van der Waals surface area contributed by atoms with Crippen molar-refractivity contribution in [3.63, 3.8) is 0 Å². The summed E-state index contributed by atoms with van der Waals surface area (Å²) in [5.41, 5.74) is 0.963. The molecule has 2 aromatic carbocycles. The first-order valence-corrected chi connectivity index (χ1v) is 7.28. The number of hydrogen-bond acceptors (Lipinski definition) is 2. The van der Waals surface area contributed by atoms with E-state index in [2.05, 4.69) is 5.32 Å². The number of benzene rings is 2. The van der Waals surface area contributed by atoms with E-state index in [1.165, 1.54) is 25.3 Å². The van der Waals surface area contributed by atoms with E-state index in [9.17, 15) is 9.18 Å². The summed E-state index contributed by atoms with van der Waals surface area (Å²) in [5, 5.41) is 3.44. The van der Waals surface area contributed by atoms with Gasteiger partial charge in [-0.1, -0.05) is 35.3 Å². The molecule has 2 rings (SSSR count). The first-order valence-electron chi connectivity index (χ1n) is 6.52. The monoisotopic (exact) mass is 341 g/mol. The third-order valence-corrected chi connectivity index (χ3v) is 3.68. The van der Waals surface area contributed by atoms with Gasteiger partial charge >= 0.3 is 0 Å². The highest BCUT2D eigenvalue weighted by molar-refractivity contribution is 6.36. The average molecular weight is 342 g/mol. The van der Waals surface area contributed by atoms with Gasteiger partial charge in [0.15, 0.2) is 0 Å². The molecule has 1 N–H and O–H groups in total. The molecule has 0 radical (unpaired) electrons. The van der Waals surface area contributed by atoms with Crippen molar-refractivity contribution >= 4 is 29.1 Å². The Morgan fingerprint density at radius 2 is 2.05 bits per heavy atom. The number of ether oxygens (including phenoxy) is 1. The molecule has 0 spiro atoms. The molecule has 6 heteroatoms. The topological polar surface area (TPSA) is 38.3 Å². The first kappa shape index (κ1) is 16.7. The Labute approximate surface area is 138 Å². The molecule has 0 aliphatic heterocycles. The quantitative estimate of drug-likeness (QED) is 0.882. The number of carbonyl (C=O) groups excluding carboxylic acids is 1. The maximum atomic E-state index is 13.2. The lowest BCUT2D eigenvalue weighted by atomic mass is 10.1. The van der Waals surface area contributed by atoms with Crippen molar-refractivity contribution in [3.05, 3.63) is 69.5 Å². The number of methoxy groups -OCH3 is 1. The summed E-state index contributed by atoms with van der Waals surface area (Å²) in [5.74, 6) is -0.702. The van der Waals surface area contributed by atoms with E-state index in [1.54, 1.807) is 24.3 Å². The van der Waals surface area contributed by atoms with Gasteiger partial charge in [-0.3, -0.25) is 4.79 Å². The Bertz CT molecular complexity index is 679. The van der Waals surface area contributed by atoms with Gasteiger partial charge in [-0.15, -0.1) is 0 Å². The third kappa shape index (κ3) is 4.19. The number of carbonyl (C=O) groups is 1. The predicted octanol–water partition coefficient (Wildman–Crippen LogP) is 4.25. The predicted molar refractivity (Wildman–Crippen MR) is 84.9 cm³/mol. The van der Waals surface area contributed by atoms with Crippen molar-refractivity contribution in [1.29, 1.82) is 0 Å².